The normalized spacial score (nSPS) is 15.4. The molecule has 0 bridgehead atoms. The molecule has 1 aliphatic carbocycles. The molecule has 1 saturated carbocycles. The Balaban J connectivity index is 0.00000182. The minimum absolute atomic E-state index is 0. The van der Waals surface area contributed by atoms with Gasteiger partial charge < -0.3 is 10.3 Å². The van der Waals surface area contributed by atoms with Crippen molar-refractivity contribution in [1.82, 2.24) is 15.1 Å². The second-order valence-electron chi connectivity index (χ2n) is 6.08. The van der Waals surface area contributed by atoms with E-state index in [4.69, 9.17) is 10.3 Å². The number of benzene rings is 1. The van der Waals surface area contributed by atoms with Crippen molar-refractivity contribution < 1.29 is 4.52 Å². The van der Waals surface area contributed by atoms with Gasteiger partial charge in [0.05, 0.1) is 21.8 Å². The number of nitrogens with zero attached hydrogens (tertiary/aromatic N) is 3. The number of aromatic nitrogens is 3. The van der Waals surface area contributed by atoms with Crippen LogP contribution in [0.1, 0.15) is 35.8 Å². The first-order valence-electron chi connectivity index (χ1n) is 7.90. The molecule has 5 nitrogen and oxygen atoms in total. The largest absolute Gasteiger partial charge is 0.334 e. The molecular formula is C17H19ClN4OS2. The number of halogens is 1. The molecule has 3 aromatic rings. The number of thiazole rings is 1. The van der Waals surface area contributed by atoms with Crippen molar-refractivity contribution in [3.05, 3.63) is 46.2 Å². The fourth-order valence-electron chi connectivity index (χ4n) is 2.71. The van der Waals surface area contributed by atoms with Crippen molar-refractivity contribution in [3.63, 3.8) is 0 Å². The van der Waals surface area contributed by atoms with Crippen LogP contribution in [0, 0.1) is 6.92 Å². The van der Waals surface area contributed by atoms with Gasteiger partial charge in [0.2, 0.25) is 0 Å². The lowest BCUT2D eigenvalue weighted by atomic mass is 9.77. The van der Waals surface area contributed by atoms with E-state index >= 15 is 0 Å². The maximum Gasteiger partial charge on any atom is 0.259 e. The van der Waals surface area contributed by atoms with E-state index in [1.54, 1.807) is 23.1 Å². The maximum atomic E-state index is 6.29. The third kappa shape index (κ3) is 3.74. The average molecular weight is 395 g/mol. The zero-order chi connectivity index (χ0) is 16.6. The predicted molar refractivity (Wildman–Crippen MR) is 103 cm³/mol. The summed E-state index contributed by atoms with van der Waals surface area (Å²) < 4.78 is 5.50. The Bertz CT molecular complexity index is 860. The van der Waals surface area contributed by atoms with E-state index in [9.17, 15) is 0 Å². The Morgan fingerprint density at radius 3 is 2.76 bits per heavy atom. The predicted octanol–water partition coefficient (Wildman–Crippen LogP) is 4.55. The summed E-state index contributed by atoms with van der Waals surface area (Å²) in [6, 6.07) is 8.09. The summed E-state index contributed by atoms with van der Waals surface area (Å²) >= 11 is 3.41. The monoisotopic (exact) mass is 394 g/mol. The first-order valence-corrected chi connectivity index (χ1v) is 9.77. The highest BCUT2D eigenvalue weighted by Crippen LogP contribution is 2.39. The molecule has 0 amide bonds. The van der Waals surface area contributed by atoms with Crippen LogP contribution < -0.4 is 5.73 Å². The third-order valence-electron chi connectivity index (χ3n) is 4.28. The van der Waals surface area contributed by atoms with Crippen LogP contribution in [-0.4, -0.2) is 15.1 Å². The Labute approximate surface area is 160 Å². The van der Waals surface area contributed by atoms with Crippen LogP contribution in [0.4, 0.5) is 0 Å². The van der Waals surface area contributed by atoms with Crippen LogP contribution in [0.25, 0.3) is 11.5 Å². The third-order valence-corrected chi connectivity index (χ3v) is 6.21. The van der Waals surface area contributed by atoms with Crippen LogP contribution in [0.2, 0.25) is 0 Å². The molecule has 25 heavy (non-hydrogen) atoms. The number of aryl methyl sites for hydroxylation is 1. The first-order chi connectivity index (χ1) is 11.6. The highest BCUT2D eigenvalue weighted by Gasteiger charge is 2.39. The van der Waals surface area contributed by atoms with Crippen molar-refractivity contribution in [2.75, 3.05) is 0 Å². The molecule has 2 aromatic heterocycles. The Morgan fingerprint density at radius 2 is 2.08 bits per heavy atom. The van der Waals surface area contributed by atoms with E-state index < -0.39 is 5.54 Å². The van der Waals surface area contributed by atoms with Crippen LogP contribution in [0.5, 0.6) is 0 Å². The van der Waals surface area contributed by atoms with E-state index in [2.05, 4.69) is 26.6 Å². The highest BCUT2D eigenvalue weighted by molar-refractivity contribution is 7.98. The number of rotatable bonds is 5. The standard InChI is InChI=1S/C17H18N4OS2.ClH/c1-11-19-12(9-23-11)10-24-14-6-3-2-5-13(14)15-20-16(21-22-15)17(18)7-4-8-17;/h2-3,5-6,9H,4,7-8,10,18H2,1H3;1H. The van der Waals surface area contributed by atoms with Crippen molar-refractivity contribution >= 4 is 35.5 Å². The van der Waals surface area contributed by atoms with Gasteiger partial charge in [0, 0.05) is 16.0 Å². The van der Waals surface area contributed by atoms with Crippen LogP contribution in [-0.2, 0) is 11.3 Å². The van der Waals surface area contributed by atoms with Gasteiger partial charge in [0.25, 0.3) is 5.89 Å². The zero-order valence-electron chi connectivity index (χ0n) is 13.8. The molecule has 132 valence electrons. The quantitative estimate of drug-likeness (QED) is 0.639. The lowest BCUT2D eigenvalue weighted by molar-refractivity contribution is 0.229. The Kier molecular flexibility index (Phi) is 5.48. The zero-order valence-corrected chi connectivity index (χ0v) is 16.2. The smallest absolute Gasteiger partial charge is 0.259 e. The molecule has 4 rings (SSSR count). The van der Waals surface area contributed by atoms with Crippen molar-refractivity contribution in [1.29, 1.82) is 0 Å². The van der Waals surface area contributed by atoms with Gasteiger partial charge in [-0.15, -0.1) is 35.5 Å². The molecule has 0 aliphatic heterocycles. The Morgan fingerprint density at radius 1 is 1.28 bits per heavy atom. The molecule has 1 fully saturated rings. The molecule has 1 aliphatic rings. The summed E-state index contributed by atoms with van der Waals surface area (Å²) in [7, 11) is 0. The highest BCUT2D eigenvalue weighted by atomic mass is 35.5. The van der Waals surface area contributed by atoms with E-state index in [1.165, 1.54) is 0 Å². The molecule has 0 unspecified atom stereocenters. The molecule has 2 N–H and O–H groups in total. The van der Waals surface area contributed by atoms with E-state index in [0.29, 0.717) is 11.7 Å². The average Bonchev–Trinajstić information content (AvgIpc) is 3.20. The number of thioether (sulfide) groups is 1. The van der Waals surface area contributed by atoms with Gasteiger partial charge in [-0.2, -0.15) is 4.98 Å². The first kappa shape index (κ1) is 18.4. The number of hydrogen-bond donors (Lipinski definition) is 1. The van der Waals surface area contributed by atoms with Gasteiger partial charge in [0.15, 0.2) is 5.82 Å². The summed E-state index contributed by atoms with van der Waals surface area (Å²) in [5.41, 5.74) is 7.94. The van der Waals surface area contributed by atoms with Gasteiger partial charge in [-0.1, -0.05) is 17.3 Å². The van der Waals surface area contributed by atoms with Gasteiger partial charge in [-0.05, 0) is 38.3 Å². The molecule has 0 spiro atoms. The SMILES string of the molecule is Cc1nc(CSc2ccccc2-c2nc(C3(N)CCC3)no2)cs1.Cl. The fourth-order valence-corrected chi connectivity index (χ4v) is 4.37. The van der Waals surface area contributed by atoms with Crippen molar-refractivity contribution in [2.45, 2.75) is 42.4 Å². The molecule has 8 heteroatoms. The number of nitrogens with two attached hydrogens (primary N) is 1. The molecular weight excluding hydrogens is 376 g/mol. The summed E-state index contributed by atoms with van der Waals surface area (Å²) in [4.78, 5) is 10.2. The van der Waals surface area contributed by atoms with Crippen LogP contribution in [0.3, 0.4) is 0 Å². The van der Waals surface area contributed by atoms with Crippen LogP contribution in [0.15, 0.2) is 39.1 Å². The maximum absolute atomic E-state index is 6.29. The molecule has 0 radical (unpaired) electrons. The van der Waals surface area contributed by atoms with E-state index in [0.717, 1.165) is 46.2 Å². The minimum Gasteiger partial charge on any atom is -0.334 e. The van der Waals surface area contributed by atoms with E-state index in [1.807, 2.05) is 25.1 Å². The second kappa shape index (κ2) is 7.45. The van der Waals surface area contributed by atoms with Gasteiger partial charge in [0.1, 0.15) is 0 Å². The van der Waals surface area contributed by atoms with Crippen LogP contribution >= 0.6 is 35.5 Å². The summed E-state index contributed by atoms with van der Waals surface area (Å²) in [5, 5.41) is 7.31. The molecule has 2 heterocycles. The fraction of sp³-hybridized carbons (Fsp3) is 0.353. The minimum atomic E-state index is -0.401. The van der Waals surface area contributed by atoms with Gasteiger partial charge in [-0.25, -0.2) is 4.98 Å². The van der Waals surface area contributed by atoms with Crippen molar-refractivity contribution in [3.8, 4) is 11.5 Å². The lowest BCUT2D eigenvalue weighted by Crippen LogP contribution is -2.44. The van der Waals surface area contributed by atoms with Crippen molar-refractivity contribution in [2.24, 2.45) is 5.73 Å². The molecule has 0 saturated heterocycles. The topological polar surface area (TPSA) is 77.8 Å². The second-order valence-corrected chi connectivity index (χ2v) is 8.15. The summed E-state index contributed by atoms with van der Waals surface area (Å²) in [6.45, 7) is 2.02. The summed E-state index contributed by atoms with van der Waals surface area (Å²) in [5.74, 6) is 1.99. The lowest BCUT2D eigenvalue weighted by Gasteiger charge is -2.34. The molecule has 0 atom stereocenters. The Hall–Kier alpha value is -1.41. The number of hydrogen-bond acceptors (Lipinski definition) is 7. The molecule has 1 aromatic carbocycles. The van der Waals surface area contributed by atoms with Gasteiger partial charge >= 0.3 is 0 Å². The van der Waals surface area contributed by atoms with E-state index in [-0.39, 0.29) is 12.4 Å². The summed E-state index contributed by atoms with van der Waals surface area (Å²) in [6.07, 6.45) is 2.97. The van der Waals surface area contributed by atoms with Gasteiger partial charge in [-0.3, -0.25) is 0 Å².